The number of para-hydroxylation sites is 1. The van der Waals surface area contributed by atoms with E-state index >= 15 is 0 Å². The van der Waals surface area contributed by atoms with Gasteiger partial charge in [0.15, 0.2) is 0 Å². The van der Waals surface area contributed by atoms with Crippen molar-refractivity contribution in [2.24, 2.45) is 0 Å². The average molecular weight is 662 g/mol. The molecule has 0 saturated heterocycles. The number of aromatic nitrogens is 2. The third-order valence-electron chi connectivity index (χ3n) is 10.4. The third kappa shape index (κ3) is 4.81. The van der Waals surface area contributed by atoms with Crippen LogP contribution in [0.1, 0.15) is 5.56 Å². The molecule has 0 aliphatic carbocycles. The highest BCUT2D eigenvalue weighted by atomic mass is 15.0. The highest BCUT2D eigenvalue weighted by Gasteiger charge is 2.17. The van der Waals surface area contributed by atoms with Crippen LogP contribution in [0.15, 0.2) is 188 Å². The molecule has 3 heteroatoms. The second kappa shape index (κ2) is 12.0. The SMILES string of the molecule is N#Cc1ccc2c(c1)c1cc(-c3ccc4c(c3)c3ccccc3n4-c3ccc(-c4ccccc4)cc3)ccc1n2-c1ccc(-c2ccccc2)cc1. The van der Waals surface area contributed by atoms with Gasteiger partial charge in [0.05, 0.1) is 33.7 Å². The van der Waals surface area contributed by atoms with Crippen LogP contribution in [0.3, 0.4) is 0 Å². The number of hydrogen-bond acceptors (Lipinski definition) is 1. The Morgan fingerprint density at radius 2 is 0.692 bits per heavy atom. The molecule has 2 heterocycles. The number of nitrogens with zero attached hydrogens (tertiary/aromatic N) is 3. The Balaban J connectivity index is 1.10. The fourth-order valence-corrected chi connectivity index (χ4v) is 7.85. The van der Waals surface area contributed by atoms with E-state index in [1.54, 1.807) is 0 Å². The van der Waals surface area contributed by atoms with Crippen LogP contribution in [-0.2, 0) is 0 Å². The molecule has 3 nitrogen and oxygen atoms in total. The molecule has 8 aromatic carbocycles. The first-order chi connectivity index (χ1) is 25.7. The van der Waals surface area contributed by atoms with Gasteiger partial charge < -0.3 is 9.13 Å². The Morgan fingerprint density at radius 1 is 0.308 bits per heavy atom. The summed E-state index contributed by atoms with van der Waals surface area (Å²) in [6.45, 7) is 0. The van der Waals surface area contributed by atoms with Crippen LogP contribution in [0.5, 0.6) is 0 Å². The van der Waals surface area contributed by atoms with E-state index in [1.807, 2.05) is 18.2 Å². The van der Waals surface area contributed by atoms with E-state index in [2.05, 4.69) is 185 Å². The predicted molar refractivity (Wildman–Crippen MR) is 216 cm³/mol. The molecule has 0 amide bonds. The molecule has 0 aliphatic rings. The maximum atomic E-state index is 9.84. The molecule has 0 saturated carbocycles. The monoisotopic (exact) mass is 661 g/mol. The molecule has 0 bridgehead atoms. The maximum absolute atomic E-state index is 9.84. The van der Waals surface area contributed by atoms with Gasteiger partial charge in [0, 0.05) is 32.9 Å². The molecular weight excluding hydrogens is 631 g/mol. The van der Waals surface area contributed by atoms with Crippen molar-refractivity contribution in [2.75, 3.05) is 0 Å². The Bertz CT molecular complexity index is 2980. The van der Waals surface area contributed by atoms with Gasteiger partial charge in [-0.05, 0) is 106 Å². The summed E-state index contributed by atoms with van der Waals surface area (Å²) in [6.07, 6.45) is 0. The second-order valence-corrected chi connectivity index (χ2v) is 13.3. The zero-order valence-electron chi connectivity index (χ0n) is 28.2. The molecule has 10 rings (SSSR count). The molecule has 0 radical (unpaired) electrons. The zero-order valence-corrected chi connectivity index (χ0v) is 28.2. The Labute approximate surface area is 301 Å². The minimum atomic E-state index is 0.655. The first kappa shape index (κ1) is 29.7. The second-order valence-electron chi connectivity index (χ2n) is 13.3. The molecule has 0 fully saturated rings. The van der Waals surface area contributed by atoms with Gasteiger partial charge >= 0.3 is 0 Å². The number of hydrogen-bond donors (Lipinski definition) is 0. The molecule has 0 spiro atoms. The largest absolute Gasteiger partial charge is 0.309 e. The van der Waals surface area contributed by atoms with Crippen molar-refractivity contribution in [1.29, 1.82) is 5.26 Å². The molecule has 0 aliphatic heterocycles. The van der Waals surface area contributed by atoms with Crippen LogP contribution in [0, 0.1) is 11.3 Å². The van der Waals surface area contributed by atoms with E-state index < -0.39 is 0 Å². The summed E-state index contributed by atoms with van der Waals surface area (Å²) in [5.41, 5.74) is 14.5. The normalized spacial score (nSPS) is 11.4. The van der Waals surface area contributed by atoms with Gasteiger partial charge in [-0.1, -0.05) is 115 Å². The van der Waals surface area contributed by atoms with E-state index in [-0.39, 0.29) is 0 Å². The van der Waals surface area contributed by atoms with E-state index in [9.17, 15) is 5.26 Å². The lowest BCUT2D eigenvalue weighted by Crippen LogP contribution is -1.94. The summed E-state index contributed by atoms with van der Waals surface area (Å²) in [6, 6.07) is 69.2. The van der Waals surface area contributed by atoms with Crippen LogP contribution in [0.25, 0.3) is 88.4 Å². The van der Waals surface area contributed by atoms with Crippen molar-refractivity contribution in [2.45, 2.75) is 0 Å². The third-order valence-corrected chi connectivity index (χ3v) is 10.4. The van der Waals surface area contributed by atoms with E-state index in [0.717, 1.165) is 44.3 Å². The highest BCUT2D eigenvalue weighted by molar-refractivity contribution is 6.13. The smallest absolute Gasteiger partial charge is 0.0991 e. The van der Waals surface area contributed by atoms with Crippen molar-refractivity contribution in [3.05, 3.63) is 194 Å². The van der Waals surface area contributed by atoms with Crippen LogP contribution in [0.4, 0.5) is 0 Å². The van der Waals surface area contributed by atoms with Crippen molar-refractivity contribution < 1.29 is 0 Å². The first-order valence-corrected chi connectivity index (χ1v) is 17.6. The predicted octanol–water partition coefficient (Wildman–Crippen LogP) is 12.8. The van der Waals surface area contributed by atoms with Gasteiger partial charge in [0.2, 0.25) is 0 Å². The van der Waals surface area contributed by atoms with Gasteiger partial charge in [0.1, 0.15) is 0 Å². The van der Waals surface area contributed by atoms with Crippen molar-refractivity contribution >= 4 is 43.6 Å². The average Bonchev–Trinajstić information content (AvgIpc) is 3.73. The van der Waals surface area contributed by atoms with E-state index in [0.29, 0.717) is 5.56 Å². The van der Waals surface area contributed by atoms with Crippen LogP contribution in [0.2, 0.25) is 0 Å². The van der Waals surface area contributed by atoms with Crippen LogP contribution >= 0.6 is 0 Å². The van der Waals surface area contributed by atoms with Gasteiger partial charge in [-0.2, -0.15) is 5.26 Å². The van der Waals surface area contributed by atoms with Gasteiger partial charge in [-0.15, -0.1) is 0 Å². The minimum absolute atomic E-state index is 0.655. The molecular formula is C49H31N3. The fraction of sp³-hybridized carbons (Fsp3) is 0. The van der Waals surface area contributed by atoms with Crippen LogP contribution in [-0.4, -0.2) is 9.13 Å². The summed E-state index contributed by atoms with van der Waals surface area (Å²) in [7, 11) is 0. The lowest BCUT2D eigenvalue weighted by atomic mass is 10.00. The standard InChI is InChI=1S/C49H31N3/c50-32-33-15-26-47-43(29-33)45-31-39(21-28-49(45)52(47)41-24-18-37(19-25-41)35-11-5-2-6-12-35)38-20-27-48-44(30-38)42-13-7-8-14-46(42)51(48)40-22-16-36(17-23-40)34-9-3-1-4-10-34/h1-31H. The summed E-state index contributed by atoms with van der Waals surface area (Å²) < 4.78 is 4.68. The molecule has 10 aromatic rings. The van der Waals surface area contributed by atoms with Crippen molar-refractivity contribution in [1.82, 2.24) is 9.13 Å². The molecule has 0 N–H and O–H groups in total. The van der Waals surface area contributed by atoms with Gasteiger partial charge in [-0.25, -0.2) is 0 Å². The molecule has 0 unspecified atom stereocenters. The van der Waals surface area contributed by atoms with Crippen molar-refractivity contribution in [3.8, 4) is 50.8 Å². The summed E-state index contributed by atoms with van der Waals surface area (Å²) in [5.74, 6) is 0. The van der Waals surface area contributed by atoms with E-state index in [4.69, 9.17) is 0 Å². The van der Waals surface area contributed by atoms with Gasteiger partial charge in [0.25, 0.3) is 0 Å². The number of nitriles is 1. The molecule has 0 atom stereocenters. The first-order valence-electron chi connectivity index (χ1n) is 17.6. The summed E-state index contributed by atoms with van der Waals surface area (Å²) in [4.78, 5) is 0. The van der Waals surface area contributed by atoms with Gasteiger partial charge in [-0.3, -0.25) is 0 Å². The minimum Gasteiger partial charge on any atom is -0.309 e. The number of fused-ring (bicyclic) bond motifs is 6. The number of benzene rings is 8. The molecule has 2 aromatic heterocycles. The van der Waals surface area contributed by atoms with Crippen LogP contribution < -0.4 is 0 Å². The topological polar surface area (TPSA) is 33.6 Å². The number of rotatable bonds is 5. The lowest BCUT2D eigenvalue weighted by Gasteiger charge is -2.11. The fourth-order valence-electron chi connectivity index (χ4n) is 7.85. The maximum Gasteiger partial charge on any atom is 0.0991 e. The Hall–Kier alpha value is -7.15. The lowest BCUT2D eigenvalue weighted by molar-refractivity contribution is 1.18. The van der Waals surface area contributed by atoms with Crippen molar-refractivity contribution in [3.63, 3.8) is 0 Å². The quantitative estimate of drug-likeness (QED) is 0.181. The zero-order chi connectivity index (χ0) is 34.6. The Morgan fingerprint density at radius 3 is 1.21 bits per heavy atom. The Kier molecular flexibility index (Phi) is 6.87. The molecule has 242 valence electrons. The summed E-state index contributed by atoms with van der Waals surface area (Å²) in [5, 5.41) is 14.5. The van der Waals surface area contributed by atoms with E-state index in [1.165, 1.54) is 44.1 Å². The molecule has 52 heavy (non-hydrogen) atoms. The highest BCUT2D eigenvalue weighted by Crippen LogP contribution is 2.39. The summed E-state index contributed by atoms with van der Waals surface area (Å²) >= 11 is 0.